The quantitative estimate of drug-likeness (QED) is 0.602. The van der Waals surface area contributed by atoms with Crippen LogP contribution in [0.15, 0.2) is 0 Å². The molecule has 1 aliphatic carbocycles. The summed E-state index contributed by atoms with van der Waals surface area (Å²) in [5.74, 6) is -0.154. The molecule has 1 aliphatic heterocycles. The van der Waals surface area contributed by atoms with Crippen molar-refractivity contribution in [2.75, 3.05) is 6.61 Å². The molecule has 0 aromatic rings. The van der Waals surface area contributed by atoms with Gasteiger partial charge in [0.15, 0.2) is 5.79 Å². The van der Waals surface area contributed by atoms with E-state index in [2.05, 4.69) is 6.92 Å². The third-order valence-corrected chi connectivity index (χ3v) is 2.98. The smallest absolute Gasteiger partial charge is 0.168 e. The Morgan fingerprint density at radius 1 is 1.25 bits per heavy atom. The second kappa shape index (κ2) is 3.35. The zero-order valence-corrected chi connectivity index (χ0v) is 7.84. The lowest BCUT2D eigenvalue weighted by molar-refractivity contribution is -0.187. The molecule has 0 bridgehead atoms. The van der Waals surface area contributed by atoms with E-state index in [1.165, 1.54) is 19.3 Å². The second-order valence-corrected chi connectivity index (χ2v) is 3.93. The highest BCUT2D eigenvalue weighted by Gasteiger charge is 2.41. The number of rotatable bonds is 1. The van der Waals surface area contributed by atoms with Crippen molar-refractivity contribution < 1.29 is 9.47 Å². The predicted molar refractivity (Wildman–Crippen MR) is 46.9 cm³/mol. The summed E-state index contributed by atoms with van der Waals surface area (Å²) >= 11 is 0. The predicted octanol–water partition coefficient (Wildman–Crippen LogP) is 2.47. The van der Waals surface area contributed by atoms with Crippen LogP contribution in [-0.2, 0) is 9.47 Å². The molecule has 0 unspecified atom stereocenters. The molecule has 0 aromatic carbocycles. The Bertz CT molecular complexity index is 150. The summed E-state index contributed by atoms with van der Waals surface area (Å²) in [6, 6.07) is 0. The van der Waals surface area contributed by atoms with E-state index in [-0.39, 0.29) is 5.79 Å². The van der Waals surface area contributed by atoms with Crippen molar-refractivity contribution in [1.29, 1.82) is 0 Å². The Morgan fingerprint density at radius 2 is 2.00 bits per heavy atom. The monoisotopic (exact) mass is 170 g/mol. The molecule has 2 aliphatic rings. The van der Waals surface area contributed by atoms with Crippen LogP contribution in [0, 0.1) is 0 Å². The van der Waals surface area contributed by atoms with Crippen molar-refractivity contribution in [1.82, 2.24) is 0 Å². The SMILES string of the molecule is CC[C@H]1COC2(CCCCC2)O1. The maximum atomic E-state index is 5.92. The van der Waals surface area contributed by atoms with Crippen LogP contribution in [0.5, 0.6) is 0 Å². The second-order valence-electron chi connectivity index (χ2n) is 3.93. The first kappa shape index (κ1) is 8.52. The van der Waals surface area contributed by atoms with Crippen LogP contribution in [0.2, 0.25) is 0 Å². The van der Waals surface area contributed by atoms with Crippen LogP contribution in [0.25, 0.3) is 0 Å². The minimum atomic E-state index is -0.154. The van der Waals surface area contributed by atoms with E-state index in [1.807, 2.05) is 0 Å². The van der Waals surface area contributed by atoms with Gasteiger partial charge in [-0.15, -0.1) is 0 Å². The maximum absolute atomic E-state index is 5.92. The summed E-state index contributed by atoms with van der Waals surface area (Å²) < 4.78 is 11.7. The largest absolute Gasteiger partial charge is 0.347 e. The Hall–Kier alpha value is -0.0800. The first-order chi connectivity index (χ1) is 5.85. The first-order valence-electron chi connectivity index (χ1n) is 5.16. The molecule has 0 amide bonds. The van der Waals surface area contributed by atoms with Gasteiger partial charge in [0, 0.05) is 12.8 Å². The molecule has 2 heteroatoms. The lowest BCUT2D eigenvalue weighted by Crippen LogP contribution is -2.33. The Kier molecular flexibility index (Phi) is 2.37. The van der Waals surface area contributed by atoms with E-state index < -0.39 is 0 Å². The zero-order valence-electron chi connectivity index (χ0n) is 7.84. The highest BCUT2D eigenvalue weighted by molar-refractivity contribution is 4.81. The summed E-state index contributed by atoms with van der Waals surface area (Å²) in [5.41, 5.74) is 0. The van der Waals surface area contributed by atoms with Crippen molar-refractivity contribution in [3.63, 3.8) is 0 Å². The summed E-state index contributed by atoms with van der Waals surface area (Å²) in [4.78, 5) is 0. The summed E-state index contributed by atoms with van der Waals surface area (Å²) in [5, 5.41) is 0. The van der Waals surface area contributed by atoms with Crippen LogP contribution in [0.4, 0.5) is 0 Å². The van der Waals surface area contributed by atoms with Gasteiger partial charge >= 0.3 is 0 Å². The third kappa shape index (κ3) is 1.50. The molecule has 1 spiro atoms. The van der Waals surface area contributed by atoms with Crippen LogP contribution < -0.4 is 0 Å². The lowest BCUT2D eigenvalue weighted by Gasteiger charge is -2.31. The zero-order chi connectivity index (χ0) is 8.44. The third-order valence-electron chi connectivity index (χ3n) is 2.98. The molecule has 70 valence electrons. The van der Waals surface area contributed by atoms with Crippen LogP contribution in [0.1, 0.15) is 45.4 Å². The van der Waals surface area contributed by atoms with E-state index in [0.717, 1.165) is 25.9 Å². The normalized spacial score (nSPS) is 34.2. The summed E-state index contributed by atoms with van der Waals surface area (Å²) in [6.07, 6.45) is 7.58. The van der Waals surface area contributed by atoms with Crippen LogP contribution >= 0.6 is 0 Å². The van der Waals surface area contributed by atoms with E-state index in [1.54, 1.807) is 0 Å². The van der Waals surface area contributed by atoms with Gasteiger partial charge in [-0.05, 0) is 19.3 Å². The fourth-order valence-corrected chi connectivity index (χ4v) is 2.17. The Balaban J connectivity index is 1.94. The highest BCUT2D eigenvalue weighted by Crippen LogP contribution is 2.38. The van der Waals surface area contributed by atoms with Gasteiger partial charge in [-0.2, -0.15) is 0 Å². The van der Waals surface area contributed by atoms with Gasteiger partial charge in [0.25, 0.3) is 0 Å². The van der Waals surface area contributed by atoms with Gasteiger partial charge in [-0.25, -0.2) is 0 Å². The van der Waals surface area contributed by atoms with E-state index in [9.17, 15) is 0 Å². The molecular weight excluding hydrogens is 152 g/mol. The molecule has 1 saturated heterocycles. The lowest BCUT2D eigenvalue weighted by atomic mass is 9.94. The maximum Gasteiger partial charge on any atom is 0.168 e. The van der Waals surface area contributed by atoms with Gasteiger partial charge < -0.3 is 9.47 Å². The van der Waals surface area contributed by atoms with Gasteiger partial charge in [0.2, 0.25) is 0 Å². The van der Waals surface area contributed by atoms with E-state index in [4.69, 9.17) is 9.47 Å². The molecule has 2 rings (SSSR count). The van der Waals surface area contributed by atoms with Crippen molar-refractivity contribution in [2.24, 2.45) is 0 Å². The summed E-state index contributed by atoms with van der Waals surface area (Å²) in [7, 11) is 0. The molecule has 0 radical (unpaired) electrons. The number of hydrogen-bond acceptors (Lipinski definition) is 2. The molecule has 1 heterocycles. The number of ether oxygens (including phenoxy) is 2. The number of hydrogen-bond donors (Lipinski definition) is 0. The Labute approximate surface area is 74.2 Å². The molecule has 1 atom stereocenters. The van der Waals surface area contributed by atoms with Crippen molar-refractivity contribution in [2.45, 2.75) is 57.3 Å². The molecule has 0 aromatic heterocycles. The van der Waals surface area contributed by atoms with Gasteiger partial charge in [0.05, 0.1) is 12.7 Å². The van der Waals surface area contributed by atoms with Gasteiger partial charge in [-0.1, -0.05) is 13.3 Å². The average Bonchev–Trinajstić information content (AvgIpc) is 2.50. The molecule has 1 saturated carbocycles. The standard InChI is InChI=1S/C10H18O2/c1-2-9-8-11-10(12-9)6-4-3-5-7-10/h9H,2-8H2,1H3/t9-/m0/s1. The summed E-state index contributed by atoms with van der Waals surface area (Å²) in [6.45, 7) is 2.98. The van der Waals surface area contributed by atoms with Gasteiger partial charge in [-0.3, -0.25) is 0 Å². The molecule has 2 nitrogen and oxygen atoms in total. The highest BCUT2D eigenvalue weighted by atomic mass is 16.7. The van der Waals surface area contributed by atoms with E-state index >= 15 is 0 Å². The average molecular weight is 170 g/mol. The molecule has 12 heavy (non-hydrogen) atoms. The minimum absolute atomic E-state index is 0.154. The molecule has 0 N–H and O–H groups in total. The van der Waals surface area contributed by atoms with Crippen LogP contribution in [-0.4, -0.2) is 18.5 Å². The first-order valence-corrected chi connectivity index (χ1v) is 5.16. The van der Waals surface area contributed by atoms with E-state index in [0.29, 0.717) is 6.10 Å². The fourth-order valence-electron chi connectivity index (χ4n) is 2.17. The minimum Gasteiger partial charge on any atom is -0.347 e. The molecule has 2 fully saturated rings. The van der Waals surface area contributed by atoms with Crippen molar-refractivity contribution in [3.8, 4) is 0 Å². The molecular formula is C10H18O2. The van der Waals surface area contributed by atoms with Gasteiger partial charge in [0.1, 0.15) is 0 Å². The van der Waals surface area contributed by atoms with Crippen molar-refractivity contribution >= 4 is 0 Å². The Morgan fingerprint density at radius 3 is 2.58 bits per heavy atom. The van der Waals surface area contributed by atoms with Crippen molar-refractivity contribution in [3.05, 3.63) is 0 Å². The topological polar surface area (TPSA) is 18.5 Å². The van der Waals surface area contributed by atoms with Crippen LogP contribution in [0.3, 0.4) is 0 Å². The fraction of sp³-hybridized carbons (Fsp3) is 1.00.